The van der Waals surface area contributed by atoms with Gasteiger partial charge in [0.2, 0.25) is 0 Å². The van der Waals surface area contributed by atoms with E-state index in [-0.39, 0.29) is 6.10 Å². The lowest BCUT2D eigenvalue weighted by atomic mass is 9.79. The number of nitrogens with one attached hydrogen (secondary N) is 1. The third-order valence-corrected chi connectivity index (χ3v) is 3.04. The Labute approximate surface area is 87.4 Å². The van der Waals surface area contributed by atoms with Crippen molar-refractivity contribution in [2.75, 3.05) is 13.1 Å². The summed E-state index contributed by atoms with van der Waals surface area (Å²) in [5.74, 6) is 0. The molecule has 14 heavy (non-hydrogen) atoms. The van der Waals surface area contributed by atoms with E-state index in [0.717, 1.165) is 32.4 Å². The SMILES string of the molecule is [CH2]CNCC1(C)CC/C=C\C(O)CC1. The molecule has 0 bridgehead atoms. The molecule has 0 aromatic rings. The summed E-state index contributed by atoms with van der Waals surface area (Å²) < 4.78 is 0. The normalized spacial score (nSPS) is 36.1. The van der Waals surface area contributed by atoms with Crippen molar-refractivity contribution in [1.29, 1.82) is 0 Å². The number of aliphatic hydroxyl groups is 1. The lowest BCUT2D eigenvalue weighted by Gasteiger charge is -2.31. The highest BCUT2D eigenvalue weighted by Gasteiger charge is 2.24. The number of allylic oxidation sites excluding steroid dienone is 1. The van der Waals surface area contributed by atoms with Crippen LogP contribution < -0.4 is 5.32 Å². The predicted octanol–water partition coefficient (Wildman–Crippen LogP) is 1.91. The lowest BCUT2D eigenvalue weighted by molar-refractivity contribution is 0.164. The molecule has 0 amide bonds. The van der Waals surface area contributed by atoms with Crippen LogP contribution in [-0.2, 0) is 0 Å². The van der Waals surface area contributed by atoms with Crippen molar-refractivity contribution < 1.29 is 5.11 Å². The molecular formula is C12H22NO. The summed E-state index contributed by atoms with van der Waals surface area (Å²) in [6, 6.07) is 0. The largest absolute Gasteiger partial charge is 0.389 e. The summed E-state index contributed by atoms with van der Waals surface area (Å²) in [5.41, 5.74) is 0.323. The van der Waals surface area contributed by atoms with Gasteiger partial charge in [-0.15, -0.1) is 0 Å². The third kappa shape index (κ3) is 3.81. The Kier molecular flexibility index (Phi) is 4.63. The summed E-state index contributed by atoms with van der Waals surface area (Å²) in [7, 11) is 0. The van der Waals surface area contributed by atoms with Crippen molar-refractivity contribution in [3.63, 3.8) is 0 Å². The van der Waals surface area contributed by atoms with Crippen LogP contribution in [0.5, 0.6) is 0 Å². The second-order valence-corrected chi connectivity index (χ2v) is 4.56. The standard InChI is InChI=1S/C12H22NO/c1-3-13-10-12(2)8-5-4-6-11(14)7-9-12/h4,6,11,13-14H,1,3,5,7-10H2,2H3/b6-4-. The minimum Gasteiger partial charge on any atom is -0.389 e. The molecular weight excluding hydrogens is 174 g/mol. The second-order valence-electron chi connectivity index (χ2n) is 4.56. The number of hydrogen-bond acceptors (Lipinski definition) is 2. The van der Waals surface area contributed by atoms with Gasteiger partial charge in [-0.1, -0.05) is 19.1 Å². The zero-order chi connectivity index (χ0) is 10.4. The van der Waals surface area contributed by atoms with Gasteiger partial charge in [0.1, 0.15) is 0 Å². The van der Waals surface area contributed by atoms with Crippen LogP contribution in [0.1, 0.15) is 32.6 Å². The van der Waals surface area contributed by atoms with Gasteiger partial charge in [0.25, 0.3) is 0 Å². The van der Waals surface area contributed by atoms with E-state index in [1.807, 2.05) is 6.08 Å². The maximum Gasteiger partial charge on any atom is 0.0721 e. The second kappa shape index (κ2) is 5.52. The van der Waals surface area contributed by atoms with E-state index in [9.17, 15) is 5.11 Å². The zero-order valence-corrected chi connectivity index (χ0v) is 9.13. The average molecular weight is 196 g/mol. The Bertz CT molecular complexity index is 191. The molecule has 0 heterocycles. The first-order valence-corrected chi connectivity index (χ1v) is 5.51. The smallest absolute Gasteiger partial charge is 0.0721 e. The molecule has 2 atom stereocenters. The zero-order valence-electron chi connectivity index (χ0n) is 9.13. The number of hydrogen-bond donors (Lipinski definition) is 2. The highest BCUT2D eigenvalue weighted by atomic mass is 16.3. The molecule has 2 unspecified atom stereocenters. The molecule has 1 aliphatic carbocycles. The van der Waals surface area contributed by atoms with Crippen LogP contribution in [0.3, 0.4) is 0 Å². The molecule has 1 radical (unpaired) electrons. The topological polar surface area (TPSA) is 32.3 Å². The Morgan fingerprint density at radius 3 is 3.07 bits per heavy atom. The van der Waals surface area contributed by atoms with Crippen molar-refractivity contribution in [1.82, 2.24) is 5.32 Å². The van der Waals surface area contributed by atoms with Gasteiger partial charge < -0.3 is 10.4 Å². The summed E-state index contributed by atoms with van der Waals surface area (Å²) >= 11 is 0. The fourth-order valence-corrected chi connectivity index (χ4v) is 1.97. The summed E-state index contributed by atoms with van der Waals surface area (Å²) in [4.78, 5) is 0. The molecule has 0 spiro atoms. The van der Waals surface area contributed by atoms with Gasteiger partial charge >= 0.3 is 0 Å². The Balaban J connectivity index is 2.47. The molecule has 81 valence electrons. The van der Waals surface area contributed by atoms with Crippen molar-refractivity contribution in [3.05, 3.63) is 19.1 Å². The van der Waals surface area contributed by atoms with Crippen LogP contribution in [0.15, 0.2) is 12.2 Å². The summed E-state index contributed by atoms with van der Waals surface area (Å²) in [6.07, 6.45) is 8.03. The highest BCUT2D eigenvalue weighted by molar-refractivity contribution is 4.94. The Morgan fingerprint density at radius 1 is 1.57 bits per heavy atom. The monoisotopic (exact) mass is 196 g/mol. The molecule has 0 aliphatic heterocycles. The van der Waals surface area contributed by atoms with Crippen LogP contribution in [-0.4, -0.2) is 24.3 Å². The number of aliphatic hydroxyl groups excluding tert-OH is 1. The molecule has 0 saturated heterocycles. The van der Waals surface area contributed by atoms with E-state index >= 15 is 0 Å². The van der Waals surface area contributed by atoms with Crippen LogP contribution >= 0.6 is 0 Å². The van der Waals surface area contributed by atoms with Gasteiger partial charge in [-0.2, -0.15) is 0 Å². The number of rotatable bonds is 3. The molecule has 0 aromatic heterocycles. The van der Waals surface area contributed by atoms with Gasteiger partial charge in [-0.05, 0) is 44.6 Å². The fraction of sp³-hybridized carbons (Fsp3) is 0.750. The van der Waals surface area contributed by atoms with Gasteiger partial charge in [-0.3, -0.25) is 0 Å². The maximum atomic E-state index is 9.55. The first-order valence-electron chi connectivity index (χ1n) is 5.51. The van der Waals surface area contributed by atoms with E-state index in [4.69, 9.17) is 0 Å². The highest BCUT2D eigenvalue weighted by Crippen LogP contribution is 2.31. The minimum atomic E-state index is -0.241. The molecule has 2 N–H and O–H groups in total. The Hall–Kier alpha value is -0.340. The van der Waals surface area contributed by atoms with Crippen LogP contribution in [0, 0.1) is 12.3 Å². The van der Waals surface area contributed by atoms with E-state index in [1.165, 1.54) is 6.42 Å². The minimum absolute atomic E-state index is 0.241. The van der Waals surface area contributed by atoms with E-state index in [1.54, 1.807) is 0 Å². The first kappa shape index (κ1) is 11.7. The molecule has 1 rings (SSSR count). The quantitative estimate of drug-likeness (QED) is 0.676. The van der Waals surface area contributed by atoms with Gasteiger partial charge in [0.05, 0.1) is 6.10 Å². The molecule has 0 aromatic carbocycles. The van der Waals surface area contributed by atoms with Crippen molar-refractivity contribution in [3.8, 4) is 0 Å². The van der Waals surface area contributed by atoms with Crippen molar-refractivity contribution in [2.45, 2.75) is 38.7 Å². The van der Waals surface area contributed by atoms with E-state index in [0.29, 0.717) is 5.41 Å². The fourth-order valence-electron chi connectivity index (χ4n) is 1.97. The van der Waals surface area contributed by atoms with Crippen molar-refractivity contribution >= 4 is 0 Å². The van der Waals surface area contributed by atoms with Crippen LogP contribution in [0.25, 0.3) is 0 Å². The van der Waals surface area contributed by atoms with Gasteiger partial charge in [-0.25, -0.2) is 0 Å². The molecule has 2 heteroatoms. The first-order chi connectivity index (χ1) is 6.66. The Morgan fingerprint density at radius 2 is 2.36 bits per heavy atom. The molecule has 2 nitrogen and oxygen atoms in total. The van der Waals surface area contributed by atoms with Gasteiger partial charge in [0.15, 0.2) is 0 Å². The van der Waals surface area contributed by atoms with Crippen molar-refractivity contribution in [2.24, 2.45) is 5.41 Å². The van der Waals surface area contributed by atoms with Crippen LogP contribution in [0.2, 0.25) is 0 Å². The predicted molar refractivity (Wildman–Crippen MR) is 59.9 cm³/mol. The van der Waals surface area contributed by atoms with Gasteiger partial charge in [0, 0.05) is 6.54 Å². The van der Waals surface area contributed by atoms with Crippen LogP contribution in [0.4, 0.5) is 0 Å². The molecule has 1 aliphatic rings. The van der Waals surface area contributed by atoms with E-state index < -0.39 is 0 Å². The molecule has 0 fully saturated rings. The maximum absolute atomic E-state index is 9.55. The third-order valence-electron chi connectivity index (χ3n) is 3.04. The summed E-state index contributed by atoms with van der Waals surface area (Å²) in [6.45, 7) is 7.87. The lowest BCUT2D eigenvalue weighted by Crippen LogP contribution is -2.33. The summed E-state index contributed by atoms with van der Waals surface area (Å²) in [5, 5.41) is 12.9. The van der Waals surface area contributed by atoms with E-state index in [2.05, 4.69) is 25.2 Å². The average Bonchev–Trinajstić information content (AvgIpc) is 2.17. The molecule has 0 saturated carbocycles.